The molecule has 8 nitrogen and oxygen atoms in total. The number of sulfonamides is 1. The molecule has 1 unspecified atom stereocenters. The standard InChI is InChI=1S/C22H26FN3O5S2/c1-31-19-10-9-15(14-18(19)26-12-5-8-21(26)27)24-22(28)17(11-13-32-2)25-33(29,30)20-7-4-3-6-16(20)23/h3-4,6-7,9-10,14,17,25H,5,8,11-13H2,1-2H3,(H,24,28). The van der Waals surface area contributed by atoms with Crippen LogP contribution in [0.3, 0.4) is 0 Å². The van der Waals surface area contributed by atoms with E-state index in [-0.39, 0.29) is 12.3 Å². The molecule has 1 aliphatic heterocycles. The molecule has 1 saturated heterocycles. The number of carbonyl (C=O) groups is 2. The van der Waals surface area contributed by atoms with Gasteiger partial charge in [-0.3, -0.25) is 9.59 Å². The summed E-state index contributed by atoms with van der Waals surface area (Å²) in [6.45, 7) is 0.547. The molecule has 2 N–H and O–H groups in total. The number of methoxy groups -OCH3 is 1. The maximum absolute atomic E-state index is 14.1. The van der Waals surface area contributed by atoms with E-state index in [1.54, 1.807) is 23.1 Å². The number of benzene rings is 2. The van der Waals surface area contributed by atoms with Crippen molar-refractivity contribution >= 4 is 45.0 Å². The average Bonchev–Trinajstić information content (AvgIpc) is 3.22. The normalized spacial score (nSPS) is 14.9. The van der Waals surface area contributed by atoms with Crippen molar-refractivity contribution < 1.29 is 27.1 Å². The smallest absolute Gasteiger partial charge is 0.244 e. The largest absolute Gasteiger partial charge is 0.495 e. The quantitative estimate of drug-likeness (QED) is 0.525. The highest BCUT2D eigenvalue weighted by molar-refractivity contribution is 7.98. The summed E-state index contributed by atoms with van der Waals surface area (Å²) in [4.78, 5) is 26.3. The third-order valence-corrected chi connectivity index (χ3v) is 7.31. The van der Waals surface area contributed by atoms with Gasteiger partial charge in [-0.2, -0.15) is 16.5 Å². The molecule has 1 atom stereocenters. The second-order valence-electron chi connectivity index (χ2n) is 7.41. The fraction of sp³-hybridized carbons (Fsp3) is 0.364. The van der Waals surface area contributed by atoms with Crippen LogP contribution < -0.4 is 19.7 Å². The lowest BCUT2D eigenvalue weighted by atomic mass is 10.2. The van der Waals surface area contributed by atoms with Gasteiger partial charge < -0.3 is 15.0 Å². The molecule has 0 saturated carbocycles. The highest BCUT2D eigenvalue weighted by atomic mass is 32.2. The van der Waals surface area contributed by atoms with Gasteiger partial charge in [-0.15, -0.1) is 0 Å². The average molecular weight is 496 g/mol. The van der Waals surface area contributed by atoms with Crippen LogP contribution in [0.2, 0.25) is 0 Å². The Morgan fingerprint density at radius 1 is 1.27 bits per heavy atom. The molecule has 1 aliphatic rings. The zero-order valence-corrected chi connectivity index (χ0v) is 20.0. The van der Waals surface area contributed by atoms with Gasteiger partial charge in [0.15, 0.2) is 0 Å². The number of hydrogen-bond acceptors (Lipinski definition) is 6. The third-order valence-electron chi connectivity index (χ3n) is 5.16. The van der Waals surface area contributed by atoms with Crippen molar-refractivity contribution in [3.8, 4) is 5.75 Å². The second kappa shape index (κ2) is 11.0. The van der Waals surface area contributed by atoms with Crippen molar-refractivity contribution in [2.75, 3.05) is 35.9 Å². The van der Waals surface area contributed by atoms with Crippen LogP contribution in [0, 0.1) is 5.82 Å². The maximum Gasteiger partial charge on any atom is 0.244 e. The first-order valence-electron chi connectivity index (χ1n) is 10.3. The van der Waals surface area contributed by atoms with Crippen molar-refractivity contribution in [3.63, 3.8) is 0 Å². The van der Waals surface area contributed by atoms with Crippen molar-refractivity contribution in [3.05, 3.63) is 48.3 Å². The number of nitrogens with one attached hydrogen (secondary N) is 2. The number of halogens is 1. The number of thioether (sulfide) groups is 1. The first kappa shape index (κ1) is 25.0. The Morgan fingerprint density at radius 3 is 2.67 bits per heavy atom. The van der Waals surface area contributed by atoms with Crippen molar-refractivity contribution in [2.24, 2.45) is 0 Å². The first-order valence-corrected chi connectivity index (χ1v) is 13.2. The number of amides is 2. The summed E-state index contributed by atoms with van der Waals surface area (Å²) in [6.07, 6.45) is 3.21. The fourth-order valence-corrected chi connectivity index (χ4v) is 5.28. The molecule has 0 radical (unpaired) electrons. The van der Waals surface area contributed by atoms with Gasteiger partial charge in [0.05, 0.1) is 12.8 Å². The maximum atomic E-state index is 14.1. The van der Waals surface area contributed by atoms with Crippen LogP contribution >= 0.6 is 11.8 Å². The van der Waals surface area contributed by atoms with Crippen LogP contribution in [0.1, 0.15) is 19.3 Å². The highest BCUT2D eigenvalue weighted by Gasteiger charge is 2.28. The number of carbonyl (C=O) groups excluding carboxylic acids is 2. The van der Waals surface area contributed by atoms with Crippen molar-refractivity contribution in [1.29, 1.82) is 0 Å². The zero-order valence-electron chi connectivity index (χ0n) is 18.3. The SMILES string of the molecule is COc1ccc(NC(=O)C(CCSC)NS(=O)(=O)c2ccccc2F)cc1N1CCCC1=O. The summed E-state index contributed by atoms with van der Waals surface area (Å²) < 4.78 is 47.2. The van der Waals surface area contributed by atoms with E-state index in [4.69, 9.17) is 4.74 Å². The number of hydrogen-bond donors (Lipinski definition) is 2. The number of anilines is 2. The minimum atomic E-state index is -4.27. The van der Waals surface area contributed by atoms with E-state index < -0.39 is 32.7 Å². The van der Waals surface area contributed by atoms with Gasteiger partial charge >= 0.3 is 0 Å². The number of nitrogens with zero attached hydrogens (tertiary/aromatic N) is 1. The van der Waals surface area contributed by atoms with E-state index in [1.807, 2.05) is 6.26 Å². The lowest BCUT2D eigenvalue weighted by molar-refractivity contribution is -0.118. The van der Waals surface area contributed by atoms with Gasteiger partial charge in [0, 0.05) is 18.7 Å². The molecule has 0 aliphatic carbocycles. The Morgan fingerprint density at radius 2 is 2.03 bits per heavy atom. The van der Waals surface area contributed by atoms with E-state index >= 15 is 0 Å². The van der Waals surface area contributed by atoms with Crippen LogP contribution in [-0.4, -0.2) is 51.9 Å². The molecule has 2 amide bonds. The summed E-state index contributed by atoms with van der Waals surface area (Å²) in [5.41, 5.74) is 0.917. The molecular formula is C22H26FN3O5S2. The summed E-state index contributed by atoms with van der Waals surface area (Å²) in [6, 6.07) is 8.73. The van der Waals surface area contributed by atoms with Gasteiger partial charge in [-0.05, 0) is 55.2 Å². The monoisotopic (exact) mass is 495 g/mol. The molecule has 1 fully saturated rings. The molecule has 11 heteroatoms. The topological polar surface area (TPSA) is 105 Å². The minimum absolute atomic E-state index is 0.0349. The number of ether oxygens (including phenoxy) is 1. The van der Waals surface area contributed by atoms with Crippen LogP contribution in [0.15, 0.2) is 47.4 Å². The molecule has 3 rings (SSSR count). The summed E-state index contributed by atoms with van der Waals surface area (Å²) in [5, 5.41) is 2.71. The van der Waals surface area contributed by atoms with Crippen LogP contribution in [0.25, 0.3) is 0 Å². The Labute approximate surface area is 196 Å². The van der Waals surface area contributed by atoms with E-state index in [2.05, 4.69) is 10.0 Å². The van der Waals surface area contributed by atoms with Gasteiger partial charge in [0.1, 0.15) is 22.5 Å². The summed E-state index contributed by atoms with van der Waals surface area (Å²) in [7, 11) is -2.77. The predicted molar refractivity (Wildman–Crippen MR) is 127 cm³/mol. The molecule has 1 heterocycles. The predicted octanol–water partition coefficient (Wildman–Crippen LogP) is 3.00. The Balaban J connectivity index is 1.83. The molecule has 0 bridgehead atoms. The Kier molecular flexibility index (Phi) is 8.33. The van der Waals surface area contributed by atoms with Gasteiger partial charge in [-0.1, -0.05) is 12.1 Å². The van der Waals surface area contributed by atoms with E-state index in [0.29, 0.717) is 35.8 Å². The Bertz CT molecular complexity index is 1130. The van der Waals surface area contributed by atoms with E-state index in [1.165, 1.54) is 31.0 Å². The first-order chi connectivity index (χ1) is 15.8. The lowest BCUT2D eigenvalue weighted by Crippen LogP contribution is -2.44. The summed E-state index contributed by atoms with van der Waals surface area (Å²) in [5.74, 6) is -0.528. The molecule has 2 aromatic rings. The third kappa shape index (κ3) is 6.04. The lowest BCUT2D eigenvalue weighted by Gasteiger charge is -2.21. The van der Waals surface area contributed by atoms with Crippen LogP contribution in [0.5, 0.6) is 5.75 Å². The molecule has 2 aromatic carbocycles. The fourth-order valence-electron chi connectivity index (χ4n) is 3.50. The minimum Gasteiger partial charge on any atom is -0.495 e. The molecule has 178 valence electrons. The van der Waals surface area contributed by atoms with Gasteiger partial charge in [0.2, 0.25) is 21.8 Å². The zero-order chi connectivity index (χ0) is 24.0. The molecular weight excluding hydrogens is 469 g/mol. The summed E-state index contributed by atoms with van der Waals surface area (Å²) >= 11 is 1.45. The van der Waals surface area contributed by atoms with Crippen LogP contribution in [-0.2, 0) is 19.6 Å². The van der Waals surface area contributed by atoms with E-state index in [0.717, 1.165) is 18.6 Å². The molecule has 0 spiro atoms. The molecule has 0 aromatic heterocycles. The highest BCUT2D eigenvalue weighted by Crippen LogP contribution is 2.34. The second-order valence-corrected chi connectivity index (χ2v) is 10.1. The van der Waals surface area contributed by atoms with Crippen molar-refractivity contribution in [1.82, 2.24) is 4.72 Å². The number of rotatable bonds is 10. The van der Waals surface area contributed by atoms with Crippen LogP contribution in [0.4, 0.5) is 15.8 Å². The Hall–Kier alpha value is -2.63. The van der Waals surface area contributed by atoms with Gasteiger partial charge in [-0.25, -0.2) is 12.8 Å². The van der Waals surface area contributed by atoms with Crippen molar-refractivity contribution in [2.45, 2.75) is 30.2 Å². The van der Waals surface area contributed by atoms with Gasteiger partial charge in [0.25, 0.3) is 0 Å². The van der Waals surface area contributed by atoms with E-state index in [9.17, 15) is 22.4 Å². The molecule has 33 heavy (non-hydrogen) atoms.